The molecule has 0 aromatic heterocycles. The molecular formula is C19H27N5O5. The molecule has 0 radical (unpaired) electrons. The Balaban J connectivity index is 2.07. The summed E-state index contributed by atoms with van der Waals surface area (Å²) >= 11 is 0. The van der Waals surface area contributed by atoms with Gasteiger partial charge in [-0.2, -0.15) is 0 Å². The second-order valence-electron chi connectivity index (χ2n) is 6.99. The number of likely N-dealkylation sites (tertiary alicyclic amines) is 1. The van der Waals surface area contributed by atoms with E-state index < -0.39 is 4.92 Å². The first-order valence-electron chi connectivity index (χ1n) is 9.36. The number of hydrogen-bond acceptors (Lipinski definition) is 6. The summed E-state index contributed by atoms with van der Waals surface area (Å²) in [6, 6.07) is 6.20. The molecule has 0 saturated carbocycles. The summed E-state index contributed by atoms with van der Waals surface area (Å²) in [7, 11) is 4.75. The zero-order chi connectivity index (χ0) is 21.4. The van der Waals surface area contributed by atoms with E-state index in [0.29, 0.717) is 38.4 Å². The smallest absolute Gasteiger partial charge is 0.308 e. The van der Waals surface area contributed by atoms with Crippen LogP contribution in [-0.2, 0) is 20.9 Å². The van der Waals surface area contributed by atoms with E-state index in [1.165, 1.54) is 24.1 Å². The number of piperidine rings is 1. The molecule has 1 aromatic carbocycles. The fourth-order valence-corrected chi connectivity index (χ4v) is 2.96. The van der Waals surface area contributed by atoms with Crippen molar-refractivity contribution in [3.8, 4) is 0 Å². The number of methoxy groups -OCH3 is 1. The molecule has 2 rings (SSSR count). The van der Waals surface area contributed by atoms with Gasteiger partial charge in [-0.25, -0.2) is 4.99 Å². The molecule has 10 heteroatoms. The average Bonchev–Trinajstić information content (AvgIpc) is 2.73. The van der Waals surface area contributed by atoms with Gasteiger partial charge >= 0.3 is 5.97 Å². The molecule has 29 heavy (non-hydrogen) atoms. The molecule has 0 spiro atoms. The Kier molecular flexibility index (Phi) is 7.93. The summed E-state index contributed by atoms with van der Waals surface area (Å²) < 4.78 is 4.82. The Bertz CT molecular complexity index is 755. The van der Waals surface area contributed by atoms with E-state index in [1.807, 2.05) is 4.90 Å². The lowest BCUT2D eigenvalue weighted by atomic mass is 9.97. The van der Waals surface area contributed by atoms with Gasteiger partial charge in [-0.15, -0.1) is 0 Å². The highest BCUT2D eigenvalue weighted by atomic mass is 16.6. The number of nitro groups is 1. The maximum absolute atomic E-state index is 12.0. The predicted molar refractivity (Wildman–Crippen MR) is 107 cm³/mol. The number of nitrogens with one attached hydrogen (secondary N) is 1. The van der Waals surface area contributed by atoms with Crippen molar-refractivity contribution in [3.63, 3.8) is 0 Å². The number of esters is 1. The third-order valence-corrected chi connectivity index (χ3v) is 4.78. The van der Waals surface area contributed by atoms with E-state index in [2.05, 4.69) is 10.3 Å². The van der Waals surface area contributed by atoms with Gasteiger partial charge in [0, 0.05) is 39.3 Å². The summed E-state index contributed by atoms with van der Waals surface area (Å²) in [5.74, 6) is 0.152. The van der Waals surface area contributed by atoms with E-state index >= 15 is 0 Å². The number of likely N-dealkylation sites (N-methyl/N-ethyl adjacent to an activating group) is 1. The molecule has 1 aliphatic rings. The molecule has 1 fully saturated rings. The largest absolute Gasteiger partial charge is 0.469 e. The quantitative estimate of drug-likeness (QED) is 0.247. The van der Waals surface area contributed by atoms with Crippen molar-refractivity contribution in [3.05, 3.63) is 39.9 Å². The average molecular weight is 405 g/mol. The highest BCUT2D eigenvalue weighted by Gasteiger charge is 2.27. The van der Waals surface area contributed by atoms with E-state index in [1.54, 1.807) is 26.2 Å². The van der Waals surface area contributed by atoms with Crippen molar-refractivity contribution in [2.24, 2.45) is 10.9 Å². The molecule has 1 aliphatic heterocycles. The number of amides is 1. The van der Waals surface area contributed by atoms with E-state index in [0.717, 1.165) is 5.56 Å². The number of ether oxygens (including phenoxy) is 1. The first-order valence-corrected chi connectivity index (χ1v) is 9.36. The zero-order valence-corrected chi connectivity index (χ0v) is 17.0. The highest BCUT2D eigenvalue weighted by molar-refractivity contribution is 5.86. The van der Waals surface area contributed by atoms with Crippen molar-refractivity contribution in [1.29, 1.82) is 0 Å². The topological polar surface area (TPSA) is 117 Å². The second-order valence-corrected chi connectivity index (χ2v) is 6.99. The minimum absolute atomic E-state index is 0.0255. The van der Waals surface area contributed by atoms with Gasteiger partial charge in [0.05, 0.1) is 31.0 Å². The van der Waals surface area contributed by atoms with Gasteiger partial charge in [-0.1, -0.05) is 12.1 Å². The van der Waals surface area contributed by atoms with Crippen LogP contribution in [0.4, 0.5) is 5.69 Å². The number of carbonyl (C=O) groups is 2. The Hall–Kier alpha value is -3.17. The van der Waals surface area contributed by atoms with Crippen molar-refractivity contribution in [1.82, 2.24) is 15.1 Å². The second kappa shape index (κ2) is 10.4. The minimum atomic E-state index is -0.446. The Morgan fingerprint density at radius 2 is 1.90 bits per heavy atom. The SMILES string of the molecule is COC(=O)C1CCN(C(=NCc2ccc([N+](=O)[O-])cc2)NCC(=O)N(C)C)CC1. The van der Waals surface area contributed by atoms with Gasteiger partial charge in [0.2, 0.25) is 5.91 Å². The minimum Gasteiger partial charge on any atom is -0.469 e. The van der Waals surface area contributed by atoms with E-state index in [9.17, 15) is 19.7 Å². The zero-order valence-electron chi connectivity index (χ0n) is 17.0. The molecule has 0 aliphatic carbocycles. The van der Waals surface area contributed by atoms with Gasteiger partial charge in [-0.05, 0) is 18.4 Å². The Morgan fingerprint density at radius 1 is 1.28 bits per heavy atom. The molecule has 10 nitrogen and oxygen atoms in total. The third kappa shape index (κ3) is 6.44. The van der Waals surface area contributed by atoms with Crippen molar-refractivity contribution >= 4 is 23.5 Å². The molecule has 158 valence electrons. The summed E-state index contributed by atoms with van der Waals surface area (Å²) in [5, 5.41) is 13.9. The van der Waals surface area contributed by atoms with Gasteiger partial charge in [0.15, 0.2) is 5.96 Å². The molecule has 1 N–H and O–H groups in total. The molecule has 0 atom stereocenters. The molecule has 1 amide bonds. The summed E-state index contributed by atoms with van der Waals surface area (Å²) in [4.78, 5) is 42.1. The van der Waals surface area contributed by atoms with Crippen molar-refractivity contribution in [2.75, 3.05) is 40.8 Å². The van der Waals surface area contributed by atoms with Crippen LogP contribution < -0.4 is 5.32 Å². The third-order valence-electron chi connectivity index (χ3n) is 4.78. The van der Waals surface area contributed by atoms with Crippen molar-refractivity contribution in [2.45, 2.75) is 19.4 Å². The number of guanidine groups is 1. The van der Waals surface area contributed by atoms with Crippen molar-refractivity contribution < 1.29 is 19.2 Å². The molecule has 0 unspecified atom stereocenters. The number of hydrogen-bond donors (Lipinski definition) is 1. The van der Waals surface area contributed by atoms with Gasteiger partial charge in [0.1, 0.15) is 0 Å². The predicted octanol–water partition coefficient (Wildman–Crippen LogP) is 1.01. The van der Waals surface area contributed by atoms with Crippen LogP contribution in [0.5, 0.6) is 0 Å². The van der Waals surface area contributed by atoms with E-state index in [4.69, 9.17) is 4.74 Å². The lowest BCUT2D eigenvalue weighted by Gasteiger charge is -2.33. The van der Waals surface area contributed by atoms with Crippen LogP contribution in [0, 0.1) is 16.0 Å². The summed E-state index contributed by atoms with van der Waals surface area (Å²) in [6.07, 6.45) is 1.29. The number of carbonyl (C=O) groups excluding carboxylic acids is 2. The van der Waals surface area contributed by atoms with Gasteiger partial charge in [-0.3, -0.25) is 19.7 Å². The number of nitrogens with zero attached hydrogens (tertiary/aromatic N) is 4. The number of benzene rings is 1. The lowest BCUT2D eigenvalue weighted by Crippen LogP contribution is -2.49. The van der Waals surface area contributed by atoms with Crippen LogP contribution in [0.1, 0.15) is 18.4 Å². The fraction of sp³-hybridized carbons (Fsp3) is 0.526. The molecule has 1 aromatic rings. The molecule has 1 heterocycles. The Labute approximate surface area is 169 Å². The number of rotatable bonds is 6. The van der Waals surface area contributed by atoms with E-state index in [-0.39, 0.29) is 30.0 Å². The number of nitro benzene ring substituents is 1. The van der Waals surface area contributed by atoms with Crippen LogP contribution in [0.25, 0.3) is 0 Å². The van der Waals surface area contributed by atoms with Crippen LogP contribution in [-0.4, -0.2) is 73.4 Å². The van der Waals surface area contributed by atoms with Gasteiger partial charge in [0.25, 0.3) is 5.69 Å². The monoisotopic (exact) mass is 405 g/mol. The summed E-state index contributed by atoms with van der Waals surface area (Å²) in [5.41, 5.74) is 0.843. The molecular weight excluding hydrogens is 378 g/mol. The summed E-state index contributed by atoms with van der Waals surface area (Å²) in [6.45, 7) is 1.64. The van der Waals surface area contributed by atoms with Crippen LogP contribution in [0.2, 0.25) is 0 Å². The maximum atomic E-state index is 12.0. The highest BCUT2D eigenvalue weighted by Crippen LogP contribution is 2.19. The first-order chi connectivity index (χ1) is 13.8. The molecule has 1 saturated heterocycles. The van der Waals surface area contributed by atoms with Crippen LogP contribution in [0.15, 0.2) is 29.3 Å². The Morgan fingerprint density at radius 3 is 2.41 bits per heavy atom. The standard InChI is InChI=1S/C19H27N5O5/c1-22(2)17(25)13-21-19(23-10-8-15(9-11-23)18(26)29-3)20-12-14-4-6-16(7-5-14)24(27)28/h4-7,15H,8-13H2,1-3H3,(H,20,21). The maximum Gasteiger partial charge on any atom is 0.308 e. The number of non-ortho nitro benzene ring substituents is 1. The van der Waals surface area contributed by atoms with Gasteiger partial charge < -0.3 is 19.9 Å². The number of aliphatic imine (C=N–C) groups is 1. The first kappa shape index (κ1) is 22.1. The fourth-order valence-electron chi connectivity index (χ4n) is 2.96. The van der Waals surface area contributed by atoms with Crippen LogP contribution >= 0.6 is 0 Å². The van der Waals surface area contributed by atoms with Crippen LogP contribution in [0.3, 0.4) is 0 Å². The molecule has 0 bridgehead atoms. The normalized spacial score (nSPS) is 15.0. The lowest BCUT2D eigenvalue weighted by molar-refractivity contribution is -0.384.